The van der Waals surface area contributed by atoms with Gasteiger partial charge in [0.05, 0.1) is 0 Å². The summed E-state index contributed by atoms with van der Waals surface area (Å²) in [5, 5.41) is 2.83. The molecule has 1 aromatic rings. The van der Waals surface area contributed by atoms with Crippen LogP contribution in [-0.4, -0.2) is 18.4 Å². The fourth-order valence-electron chi connectivity index (χ4n) is 3.30. The molecule has 0 bridgehead atoms. The zero-order valence-electron chi connectivity index (χ0n) is 15.2. The Hall–Kier alpha value is -1.84. The van der Waals surface area contributed by atoms with E-state index in [0.717, 1.165) is 49.9 Å². The van der Waals surface area contributed by atoms with Crippen LogP contribution in [0.25, 0.3) is 0 Å². The molecule has 0 fully saturated rings. The summed E-state index contributed by atoms with van der Waals surface area (Å²) in [7, 11) is 0. The quantitative estimate of drug-likeness (QED) is 0.692. The average molecular weight is 330 g/mol. The molecule has 1 aliphatic heterocycles. The molecule has 0 saturated carbocycles. The average Bonchev–Trinajstić information content (AvgIpc) is 2.81. The number of amides is 2. The summed E-state index contributed by atoms with van der Waals surface area (Å²) < 4.78 is 0. The number of hydrogen-bond acceptors (Lipinski definition) is 2. The van der Waals surface area contributed by atoms with Crippen LogP contribution < -0.4 is 10.2 Å². The maximum Gasteiger partial charge on any atom is 0.254 e. The van der Waals surface area contributed by atoms with Crippen LogP contribution >= 0.6 is 0 Å². The van der Waals surface area contributed by atoms with Gasteiger partial charge in [-0.1, -0.05) is 51.7 Å². The molecular weight excluding hydrogens is 300 g/mol. The lowest BCUT2D eigenvalue weighted by atomic mass is 10.0. The van der Waals surface area contributed by atoms with Crippen molar-refractivity contribution >= 4 is 17.5 Å². The zero-order chi connectivity index (χ0) is 17.5. The third-order valence-corrected chi connectivity index (χ3v) is 4.61. The molecular formula is C20H30N2O2. The van der Waals surface area contributed by atoms with Crippen LogP contribution in [-0.2, 0) is 16.0 Å². The highest BCUT2D eigenvalue weighted by molar-refractivity contribution is 6.06. The van der Waals surface area contributed by atoms with Crippen molar-refractivity contribution in [1.82, 2.24) is 5.32 Å². The number of nitrogens with zero attached hydrogens (tertiary/aromatic N) is 1. The summed E-state index contributed by atoms with van der Waals surface area (Å²) in [5.41, 5.74) is 3.17. The summed E-state index contributed by atoms with van der Waals surface area (Å²) in [6, 6.07) is 5.76. The van der Waals surface area contributed by atoms with Gasteiger partial charge in [-0.25, -0.2) is 0 Å². The van der Waals surface area contributed by atoms with Gasteiger partial charge in [-0.05, 0) is 30.9 Å². The van der Waals surface area contributed by atoms with E-state index < -0.39 is 6.04 Å². The molecule has 2 rings (SSSR count). The lowest BCUT2D eigenvalue weighted by molar-refractivity contribution is -0.126. The standard InChI is InChI=1S/C20H30N2O2/c1-4-6-8-9-13-22-18-12-11-16(10-7-5-2)14-17(18)19(20(22)24)21-15(3)23/h11-12,14,19H,4-10,13H2,1-3H3,(H,21,23)/t19-/m1/s1. The Morgan fingerprint density at radius 1 is 1.12 bits per heavy atom. The van der Waals surface area contributed by atoms with Gasteiger partial charge in [-0.2, -0.15) is 0 Å². The van der Waals surface area contributed by atoms with Crippen molar-refractivity contribution in [2.45, 2.75) is 71.8 Å². The molecule has 1 N–H and O–H groups in total. The van der Waals surface area contributed by atoms with Crippen molar-refractivity contribution < 1.29 is 9.59 Å². The van der Waals surface area contributed by atoms with E-state index in [-0.39, 0.29) is 11.8 Å². The highest BCUT2D eigenvalue weighted by Crippen LogP contribution is 2.37. The van der Waals surface area contributed by atoms with Crippen molar-refractivity contribution in [2.75, 3.05) is 11.4 Å². The molecule has 0 radical (unpaired) electrons. The fraction of sp³-hybridized carbons (Fsp3) is 0.600. The Bertz CT molecular complexity index is 583. The Labute approximate surface area is 145 Å². The van der Waals surface area contributed by atoms with E-state index in [0.29, 0.717) is 0 Å². The van der Waals surface area contributed by atoms with Crippen molar-refractivity contribution in [2.24, 2.45) is 0 Å². The number of carbonyl (C=O) groups excluding carboxylic acids is 2. The summed E-state index contributed by atoms with van der Waals surface area (Å²) >= 11 is 0. The van der Waals surface area contributed by atoms with Gasteiger partial charge >= 0.3 is 0 Å². The molecule has 2 amide bonds. The van der Waals surface area contributed by atoms with Crippen LogP contribution in [0.1, 0.15) is 76.5 Å². The first-order valence-corrected chi connectivity index (χ1v) is 9.29. The van der Waals surface area contributed by atoms with Crippen LogP contribution in [0, 0.1) is 0 Å². The maximum atomic E-state index is 12.8. The molecule has 0 unspecified atom stereocenters. The smallest absolute Gasteiger partial charge is 0.254 e. The van der Waals surface area contributed by atoms with E-state index in [1.165, 1.54) is 25.3 Å². The summed E-state index contributed by atoms with van der Waals surface area (Å²) in [6.07, 6.45) is 7.81. The van der Waals surface area contributed by atoms with Gasteiger partial charge in [0.2, 0.25) is 5.91 Å². The van der Waals surface area contributed by atoms with Crippen LogP contribution in [0.4, 0.5) is 5.69 Å². The molecule has 1 aliphatic rings. The summed E-state index contributed by atoms with van der Waals surface area (Å²) in [5.74, 6) is -0.157. The van der Waals surface area contributed by atoms with Gasteiger partial charge in [0.15, 0.2) is 0 Å². The first-order valence-electron chi connectivity index (χ1n) is 9.29. The van der Waals surface area contributed by atoms with Crippen molar-refractivity contribution in [3.63, 3.8) is 0 Å². The lowest BCUT2D eigenvalue weighted by Crippen LogP contribution is -2.37. The Kier molecular flexibility index (Phi) is 6.83. The molecule has 0 saturated heterocycles. The van der Waals surface area contributed by atoms with E-state index in [1.54, 1.807) is 0 Å². The zero-order valence-corrected chi connectivity index (χ0v) is 15.2. The second-order valence-electron chi connectivity index (χ2n) is 6.68. The number of carbonyl (C=O) groups is 2. The van der Waals surface area contributed by atoms with Gasteiger partial charge in [0.25, 0.3) is 5.91 Å². The predicted molar refractivity (Wildman–Crippen MR) is 98.1 cm³/mol. The number of benzene rings is 1. The van der Waals surface area contributed by atoms with Crippen LogP contribution in [0.2, 0.25) is 0 Å². The fourth-order valence-corrected chi connectivity index (χ4v) is 3.30. The third kappa shape index (κ3) is 4.37. The summed E-state index contributed by atoms with van der Waals surface area (Å²) in [6.45, 7) is 6.56. The maximum absolute atomic E-state index is 12.8. The number of fused-ring (bicyclic) bond motifs is 1. The number of hydrogen-bond donors (Lipinski definition) is 1. The molecule has 132 valence electrons. The largest absolute Gasteiger partial charge is 0.341 e. The minimum atomic E-state index is -0.523. The van der Waals surface area contributed by atoms with E-state index in [9.17, 15) is 9.59 Å². The molecule has 0 spiro atoms. The molecule has 1 aromatic carbocycles. The predicted octanol–water partition coefficient (Wildman–Crippen LogP) is 4.13. The number of nitrogens with one attached hydrogen (secondary N) is 1. The second kappa shape index (κ2) is 8.86. The van der Waals surface area contributed by atoms with E-state index in [1.807, 2.05) is 4.90 Å². The topological polar surface area (TPSA) is 49.4 Å². The van der Waals surface area contributed by atoms with Crippen molar-refractivity contribution in [3.05, 3.63) is 29.3 Å². The molecule has 4 nitrogen and oxygen atoms in total. The molecule has 1 atom stereocenters. The number of unbranched alkanes of at least 4 members (excludes halogenated alkanes) is 4. The van der Waals surface area contributed by atoms with Gasteiger partial charge in [0, 0.05) is 24.7 Å². The monoisotopic (exact) mass is 330 g/mol. The Morgan fingerprint density at radius 3 is 2.54 bits per heavy atom. The number of aryl methyl sites for hydroxylation is 1. The highest BCUT2D eigenvalue weighted by Gasteiger charge is 2.37. The molecule has 1 heterocycles. The minimum Gasteiger partial charge on any atom is -0.341 e. The highest BCUT2D eigenvalue weighted by atomic mass is 16.2. The second-order valence-corrected chi connectivity index (χ2v) is 6.68. The molecule has 0 aromatic heterocycles. The van der Waals surface area contributed by atoms with E-state index in [2.05, 4.69) is 37.4 Å². The lowest BCUT2D eigenvalue weighted by Gasteiger charge is -2.18. The van der Waals surface area contributed by atoms with Gasteiger partial charge in [-0.15, -0.1) is 0 Å². The van der Waals surface area contributed by atoms with Crippen molar-refractivity contribution in [3.8, 4) is 0 Å². The first-order chi connectivity index (χ1) is 11.6. The van der Waals surface area contributed by atoms with Crippen LogP contribution in [0.5, 0.6) is 0 Å². The minimum absolute atomic E-state index is 0.00402. The molecule has 24 heavy (non-hydrogen) atoms. The van der Waals surface area contributed by atoms with E-state index >= 15 is 0 Å². The number of rotatable bonds is 9. The third-order valence-electron chi connectivity index (χ3n) is 4.61. The Morgan fingerprint density at radius 2 is 1.88 bits per heavy atom. The van der Waals surface area contributed by atoms with Gasteiger partial charge < -0.3 is 10.2 Å². The summed E-state index contributed by atoms with van der Waals surface area (Å²) in [4.78, 5) is 26.2. The molecule has 0 aliphatic carbocycles. The molecule has 4 heteroatoms. The Balaban J connectivity index is 2.21. The van der Waals surface area contributed by atoms with E-state index in [4.69, 9.17) is 0 Å². The van der Waals surface area contributed by atoms with Crippen LogP contribution in [0.15, 0.2) is 18.2 Å². The SMILES string of the molecule is CCCCCCN1C(=O)[C@H](NC(C)=O)c2cc(CCCC)ccc21. The first kappa shape index (κ1) is 18.5. The van der Waals surface area contributed by atoms with Gasteiger partial charge in [0.1, 0.15) is 6.04 Å². The number of anilines is 1. The normalized spacial score (nSPS) is 16.4. The van der Waals surface area contributed by atoms with Crippen LogP contribution in [0.3, 0.4) is 0 Å². The van der Waals surface area contributed by atoms with Gasteiger partial charge in [-0.3, -0.25) is 9.59 Å². The van der Waals surface area contributed by atoms with Crippen molar-refractivity contribution in [1.29, 1.82) is 0 Å².